The van der Waals surface area contributed by atoms with Gasteiger partial charge in [-0.15, -0.1) is 0 Å². The number of benzene rings is 1. The van der Waals surface area contributed by atoms with Crippen molar-refractivity contribution in [2.24, 2.45) is 30.7 Å². The summed E-state index contributed by atoms with van der Waals surface area (Å²) in [6, 6.07) is 9.16. The van der Waals surface area contributed by atoms with Gasteiger partial charge in [0.05, 0.1) is 23.2 Å². The predicted octanol–water partition coefficient (Wildman–Crippen LogP) is 1.95. The number of para-hydroxylation sites is 1. The first-order valence-electron chi connectivity index (χ1n) is 8.96. The Kier molecular flexibility index (Phi) is 4.02. The van der Waals surface area contributed by atoms with E-state index in [1.807, 2.05) is 42.5 Å². The molecule has 27 heavy (non-hydrogen) atoms. The Morgan fingerprint density at radius 3 is 2.37 bits per heavy atom. The molecule has 2 aliphatic carbocycles. The highest BCUT2D eigenvalue weighted by Gasteiger charge is 2.51. The maximum absolute atomic E-state index is 12.9. The van der Waals surface area contributed by atoms with Gasteiger partial charge in [-0.2, -0.15) is 0 Å². The van der Waals surface area contributed by atoms with E-state index in [4.69, 9.17) is 0 Å². The van der Waals surface area contributed by atoms with Crippen LogP contribution in [-0.4, -0.2) is 26.3 Å². The highest BCUT2D eigenvalue weighted by Crippen LogP contribution is 2.48. The van der Waals surface area contributed by atoms with Gasteiger partial charge >= 0.3 is 5.97 Å². The number of amides is 1. The average molecular weight is 367 g/mol. The fourth-order valence-electron chi connectivity index (χ4n) is 4.44. The number of nitrogens with one attached hydrogen (secondary N) is 1. The van der Waals surface area contributed by atoms with E-state index >= 15 is 0 Å². The summed E-state index contributed by atoms with van der Waals surface area (Å²) in [6.45, 7) is 1.76. The van der Waals surface area contributed by atoms with Crippen LogP contribution in [0, 0.1) is 30.6 Å². The highest BCUT2D eigenvalue weighted by molar-refractivity contribution is 5.96. The van der Waals surface area contributed by atoms with E-state index < -0.39 is 23.7 Å². The number of hydrogen-bond acceptors (Lipinski definition) is 3. The smallest absolute Gasteiger partial charge is 0.307 e. The van der Waals surface area contributed by atoms with Crippen molar-refractivity contribution in [2.45, 2.75) is 13.3 Å². The van der Waals surface area contributed by atoms with Crippen LogP contribution in [0.3, 0.4) is 0 Å². The Morgan fingerprint density at radius 2 is 1.74 bits per heavy atom. The van der Waals surface area contributed by atoms with Crippen molar-refractivity contribution < 1.29 is 14.7 Å². The van der Waals surface area contributed by atoms with Gasteiger partial charge in [-0.3, -0.25) is 19.1 Å². The normalized spacial score (nSPS) is 25.7. The molecule has 1 amide bonds. The minimum Gasteiger partial charge on any atom is -0.481 e. The maximum Gasteiger partial charge on any atom is 0.307 e. The van der Waals surface area contributed by atoms with Crippen LogP contribution in [-0.2, 0) is 16.6 Å². The molecule has 0 aliphatic heterocycles. The van der Waals surface area contributed by atoms with Crippen molar-refractivity contribution in [3.8, 4) is 5.69 Å². The summed E-state index contributed by atoms with van der Waals surface area (Å²) in [4.78, 5) is 37.5. The first kappa shape index (κ1) is 17.3. The fraction of sp³-hybridized carbons (Fsp3) is 0.350. The molecular formula is C20H21N3O4. The molecule has 7 heteroatoms. The molecule has 1 fully saturated rings. The number of anilines is 1. The highest BCUT2D eigenvalue weighted by atomic mass is 16.4. The standard InChI is InChI=1S/C20H21N3O4/c1-11-17(19(25)23(22(11)2)14-6-4-3-5-7-14)21-18(24)15-12-8-9-13(10-12)16(15)20(26)27/h3-9,12-13,15-16H,10H2,1-2H3,(H,21,24)(H,26,27)/t12-,13-,15+,16+/m0/s1. The van der Waals surface area contributed by atoms with Crippen LogP contribution in [0.15, 0.2) is 47.3 Å². The monoisotopic (exact) mass is 367 g/mol. The second-order valence-electron chi connectivity index (χ2n) is 7.26. The summed E-state index contributed by atoms with van der Waals surface area (Å²) < 4.78 is 3.17. The van der Waals surface area contributed by atoms with E-state index in [0.29, 0.717) is 17.8 Å². The molecule has 2 aromatic rings. The molecule has 2 N–H and O–H groups in total. The Morgan fingerprint density at radius 1 is 1.11 bits per heavy atom. The van der Waals surface area contributed by atoms with Crippen LogP contribution in [0.5, 0.6) is 0 Å². The third kappa shape index (κ3) is 2.61. The minimum atomic E-state index is -0.960. The molecule has 2 aliphatic rings. The summed E-state index contributed by atoms with van der Waals surface area (Å²) in [6.07, 6.45) is 4.49. The molecule has 0 saturated heterocycles. The van der Waals surface area contributed by atoms with Gasteiger partial charge in [0, 0.05) is 7.05 Å². The first-order valence-corrected chi connectivity index (χ1v) is 8.96. The van der Waals surface area contributed by atoms with Gasteiger partial charge in [0.2, 0.25) is 5.91 Å². The van der Waals surface area contributed by atoms with Crippen LogP contribution in [0.25, 0.3) is 5.69 Å². The zero-order valence-electron chi connectivity index (χ0n) is 15.1. The van der Waals surface area contributed by atoms with Crippen molar-refractivity contribution in [3.05, 3.63) is 58.5 Å². The van der Waals surface area contributed by atoms with Gasteiger partial charge in [0.1, 0.15) is 5.69 Å². The molecular weight excluding hydrogens is 346 g/mol. The molecule has 4 atom stereocenters. The van der Waals surface area contributed by atoms with Crippen LogP contribution >= 0.6 is 0 Å². The van der Waals surface area contributed by atoms with Crippen LogP contribution in [0.4, 0.5) is 5.69 Å². The number of aromatic nitrogens is 2. The van der Waals surface area contributed by atoms with Gasteiger partial charge in [0.25, 0.3) is 5.56 Å². The molecule has 2 bridgehead atoms. The number of aliphatic carboxylic acids is 1. The zero-order chi connectivity index (χ0) is 19.3. The van der Waals surface area contributed by atoms with Gasteiger partial charge in [-0.05, 0) is 37.3 Å². The number of nitrogens with zero attached hydrogens (tertiary/aromatic N) is 2. The molecule has 0 unspecified atom stereocenters. The van der Waals surface area contributed by atoms with Gasteiger partial charge in [-0.1, -0.05) is 30.4 Å². The Hall–Kier alpha value is -3.09. The van der Waals surface area contributed by atoms with Crippen molar-refractivity contribution in [1.29, 1.82) is 0 Å². The van der Waals surface area contributed by atoms with Crippen LogP contribution in [0.1, 0.15) is 12.1 Å². The molecule has 7 nitrogen and oxygen atoms in total. The lowest BCUT2D eigenvalue weighted by atomic mass is 9.82. The molecule has 1 aromatic heterocycles. The molecule has 0 spiro atoms. The number of carboxylic acid groups (broad SMARTS) is 1. The molecule has 0 radical (unpaired) electrons. The summed E-state index contributed by atoms with van der Waals surface area (Å²) in [5.41, 5.74) is 1.17. The van der Waals surface area contributed by atoms with Gasteiger partial charge in [-0.25, -0.2) is 4.68 Å². The van der Waals surface area contributed by atoms with Crippen molar-refractivity contribution in [3.63, 3.8) is 0 Å². The molecule has 1 heterocycles. The van der Waals surface area contributed by atoms with Crippen LogP contribution < -0.4 is 10.9 Å². The summed E-state index contributed by atoms with van der Waals surface area (Å²) >= 11 is 0. The van der Waals surface area contributed by atoms with Crippen molar-refractivity contribution >= 4 is 17.6 Å². The topological polar surface area (TPSA) is 93.3 Å². The largest absolute Gasteiger partial charge is 0.481 e. The lowest BCUT2D eigenvalue weighted by Crippen LogP contribution is -2.37. The number of allylic oxidation sites excluding steroid dienone is 2. The summed E-state index contributed by atoms with van der Waals surface area (Å²) in [5.74, 6) is -2.94. The number of carboxylic acids is 1. The average Bonchev–Trinajstić information content (AvgIpc) is 3.32. The van der Waals surface area contributed by atoms with E-state index in [-0.39, 0.29) is 23.1 Å². The summed E-state index contributed by atoms with van der Waals surface area (Å²) in [5, 5.41) is 12.3. The molecule has 1 aromatic carbocycles. The fourth-order valence-corrected chi connectivity index (χ4v) is 4.44. The molecule has 140 valence electrons. The third-order valence-electron chi connectivity index (χ3n) is 5.85. The van der Waals surface area contributed by atoms with Crippen molar-refractivity contribution in [2.75, 3.05) is 5.32 Å². The Bertz CT molecular complexity index is 1000. The number of rotatable bonds is 4. The molecule has 1 saturated carbocycles. The first-order chi connectivity index (χ1) is 12.9. The van der Waals surface area contributed by atoms with Gasteiger partial charge in [0.15, 0.2) is 0 Å². The van der Waals surface area contributed by atoms with E-state index in [2.05, 4.69) is 5.32 Å². The third-order valence-corrected chi connectivity index (χ3v) is 5.85. The number of carbonyl (C=O) groups is 2. The second-order valence-corrected chi connectivity index (χ2v) is 7.26. The minimum absolute atomic E-state index is 0.0866. The lowest BCUT2D eigenvalue weighted by molar-refractivity contribution is -0.146. The maximum atomic E-state index is 12.9. The lowest BCUT2D eigenvalue weighted by Gasteiger charge is -2.23. The Balaban J connectivity index is 1.68. The molecule has 4 rings (SSSR count). The van der Waals surface area contributed by atoms with E-state index in [1.54, 1.807) is 18.7 Å². The Labute approximate surface area is 155 Å². The van der Waals surface area contributed by atoms with Crippen LogP contribution in [0.2, 0.25) is 0 Å². The van der Waals surface area contributed by atoms with E-state index in [0.717, 1.165) is 0 Å². The number of carbonyl (C=O) groups excluding carboxylic acids is 1. The second kappa shape index (κ2) is 6.26. The zero-order valence-corrected chi connectivity index (χ0v) is 15.1. The SMILES string of the molecule is Cc1c(NC(=O)[C@H]2[C@H](C(=O)O)[C@H]3C=C[C@H]2C3)c(=O)n(-c2ccccc2)n1C. The number of fused-ring (bicyclic) bond motifs is 2. The van der Waals surface area contributed by atoms with E-state index in [1.165, 1.54) is 4.68 Å². The van der Waals surface area contributed by atoms with Gasteiger partial charge < -0.3 is 10.4 Å². The summed E-state index contributed by atoms with van der Waals surface area (Å²) in [7, 11) is 1.75. The number of hydrogen-bond donors (Lipinski definition) is 2. The van der Waals surface area contributed by atoms with E-state index in [9.17, 15) is 19.5 Å². The van der Waals surface area contributed by atoms with Crippen molar-refractivity contribution in [1.82, 2.24) is 9.36 Å². The predicted molar refractivity (Wildman–Crippen MR) is 99.7 cm³/mol. The quantitative estimate of drug-likeness (QED) is 0.808.